The van der Waals surface area contributed by atoms with Gasteiger partial charge in [0.05, 0.1) is 16.2 Å². The molecule has 2 aromatic rings. The van der Waals surface area contributed by atoms with Gasteiger partial charge in [-0.05, 0) is 36.2 Å². The summed E-state index contributed by atoms with van der Waals surface area (Å²) in [5.74, 6) is -2.37. The summed E-state index contributed by atoms with van der Waals surface area (Å²) in [6, 6.07) is 17.1. The molecular formula is C22H18N2O5S. The molecule has 2 aliphatic rings. The van der Waals surface area contributed by atoms with Crippen LogP contribution in [0.2, 0.25) is 0 Å². The SMILES string of the molecule is O=C(O)CN1C(=O)S/C(=C2\C(=O)N(CCCc3ccccc3)c3ccccc32)C1=O. The summed E-state index contributed by atoms with van der Waals surface area (Å²) in [7, 11) is 0. The summed E-state index contributed by atoms with van der Waals surface area (Å²) in [5, 5.41) is 8.27. The molecule has 0 aliphatic carbocycles. The van der Waals surface area contributed by atoms with E-state index in [-0.39, 0.29) is 16.4 Å². The molecule has 0 atom stereocenters. The summed E-state index contributed by atoms with van der Waals surface area (Å²) in [6.07, 6.45) is 1.54. The van der Waals surface area contributed by atoms with Crippen molar-refractivity contribution in [3.8, 4) is 0 Å². The molecule has 0 spiro atoms. The number of aryl methyl sites for hydroxylation is 1. The number of anilines is 1. The fourth-order valence-electron chi connectivity index (χ4n) is 3.63. The number of imide groups is 1. The van der Waals surface area contributed by atoms with Gasteiger partial charge in [-0.2, -0.15) is 0 Å². The van der Waals surface area contributed by atoms with Crippen LogP contribution in [0.15, 0.2) is 59.5 Å². The highest BCUT2D eigenvalue weighted by atomic mass is 32.2. The van der Waals surface area contributed by atoms with Crippen molar-refractivity contribution in [3.05, 3.63) is 70.6 Å². The average molecular weight is 422 g/mol. The van der Waals surface area contributed by atoms with E-state index in [2.05, 4.69) is 0 Å². The third-order valence-corrected chi connectivity index (χ3v) is 5.96. The van der Waals surface area contributed by atoms with Gasteiger partial charge >= 0.3 is 5.97 Å². The number of rotatable bonds is 6. The number of aliphatic carboxylic acids is 1. The van der Waals surface area contributed by atoms with E-state index >= 15 is 0 Å². The van der Waals surface area contributed by atoms with E-state index in [0.717, 1.165) is 12.8 Å². The summed E-state index contributed by atoms with van der Waals surface area (Å²) in [5.41, 5.74) is 2.62. The predicted octanol–water partition coefficient (Wildman–Crippen LogP) is 3.16. The van der Waals surface area contributed by atoms with Gasteiger partial charge in [-0.3, -0.25) is 24.1 Å². The molecular weight excluding hydrogens is 404 g/mol. The molecule has 2 aromatic carbocycles. The monoisotopic (exact) mass is 422 g/mol. The zero-order valence-corrected chi connectivity index (χ0v) is 16.7. The van der Waals surface area contributed by atoms with Crippen LogP contribution in [-0.2, 0) is 20.8 Å². The number of thioether (sulfide) groups is 1. The molecule has 2 heterocycles. The van der Waals surface area contributed by atoms with E-state index in [0.29, 0.717) is 34.5 Å². The fourth-order valence-corrected chi connectivity index (χ4v) is 4.56. The van der Waals surface area contributed by atoms with Crippen molar-refractivity contribution >= 4 is 46.0 Å². The van der Waals surface area contributed by atoms with Gasteiger partial charge in [-0.25, -0.2) is 0 Å². The van der Waals surface area contributed by atoms with Gasteiger partial charge in [-0.1, -0.05) is 48.5 Å². The minimum atomic E-state index is -1.29. The van der Waals surface area contributed by atoms with Crippen molar-refractivity contribution in [1.82, 2.24) is 4.90 Å². The van der Waals surface area contributed by atoms with Crippen LogP contribution in [-0.4, -0.2) is 46.1 Å². The number of fused-ring (bicyclic) bond motifs is 1. The Bertz CT molecular complexity index is 1080. The molecule has 3 amide bonds. The average Bonchev–Trinajstić information content (AvgIpc) is 3.16. The Balaban J connectivity index is 1.62. The van der Waals surface area contributed by atoms with Crippen LogP contribution in [0.25, 0.3) is 5.57 Å². The lowest BCUT2D eigenvalue weighted by molar-refractivity contribution is -0.140. The van der Waals surface area contributed by atoms with Gasteiger partial charge in [0.2, 0.25) is 0 Å². The second-order valence-corrected chi connectivity index (χ2v) is 7.88. The standard InChI is InChI=1S/C22H18N2O5S/c25-17(26)13-24-21(28)19(30-22(24)29)18-15-10-4-5-11-16(15)23(20(18)27)12-6-9-14-7-2-1-3-8-14/h1-5,7-8,10-11H,6,9,12-13H2,(H,25,26)/b19-18-. The van der Waals surface area contributed by atoms with Crippen molar-refractivity contribution < 1.29 is 24.3 Å². The van der Waals surface area contributed by atoms with E-state index in [1.165, 1.54) is 5.56 Å². The first-order chi connectivity index (χ1) is 14.5. The molecule has 0 aromatic heterocycles. The third-order valence-electron chi connectivity index (χ3n) is 4.98. The highest BCUT2D eigenvalue weighted by Gasteiger charge is 2.43. The number of carbonyl (C=O) groups is 4. The van der Waals surface area contributed by atoms with E-state index in [9.17, 15) is 19.2 Å². The summed E-state index contributed by atoms with van der Waals surface area (Å²) >= 11 is 0.617. The molecule has 7 nitrogen and oxygen atoms in total. The quantitative estimate of drug-likeness (QED) is 0.719. The molecule has 0 bridgehead atoms. The molecule has 1 N–H and O–H groups in total. The van der Waals surface area contributed by atoms with E-state index in [1.54, 1.807) is 17.0 Å². The van der Waals surface area contributed by atoms with Crippen LogP contribution in [0.5, 0.6) is 0 Å². The minimum Gasteiger partial charge on any atom is -0.480 e. The van der Waals surface area contributed by atoms with Gasteiger partial charge in [0.25, 0.3) is 17.1 Å². The smallest absolute Gasteiger partial charge is 0.323 e. The van der Waals surface area contributed by atoms with Gasteiger partial charge in [0.15, 0.2) is 0 Å². The Kier molecular flexibility index (Phi) is 5.41. The second-order valence-electron chi connectivity index (χ2n) is 6.92. The molecule has 1 fully saturated rings. The van der Waals surface area contributed by atoms with Crippen LogP contribution in [0.4, 0.5) is 10.5 Å². The van der Waals surface area contributed by atoms with Gasteiger partial charge in [0, 0.05) is 12.1 Å². The maximum Gasteiger partial charge on any atom is 0.323 e. The number of para-hydroxylation sites is 1. The van der Waals surface area contributed by atoms with Crippen molar-refractivity contribution in [2.24, 2.45) is 0 Å². The first kappa shape index (κ1) is 19.9. The molecule has 2 aliphatic heterocycles. The summed E-state index contributed by atoms with van der Waals surface area (Å²) < 4.78 is 0. The summed E-state index contributed by atoms with van der Waals surface area (Å²) in [6.45, 7) is -0.259. The second kappa shape index (κ2) is 8.16. The van der Waals surface area contributed by atoms with E-state index in [4.69, 9.17) is 5.11 Å². The fraction of sp³-hybridized carbons (Fsp3) is 0.182. The maximum atomic E-state index is 13.2. The van der Waals surface area contributed by atoms with Crippen LogP contribution >= 0.6 is 11.8 Å². The number of carbonyl (C=O) groups excluding carboxylic acids is 3. The highest BCUT2D eigenvalue weighted by molar-refractivity contribution is 8.18. The first-order valence-corrected chi connectivity index (χ1v) is 10.2. The number of benzene rings is 2. The lowest BCUT2D eigenvalue weighted by Crippen LogP contribution is -2.34. The van der Waals surface area contributed by atoms with Crippen molar-refractivity contribution in [1.29, 1.82) is 0 Å². The molecule has 30 heavy (non-hydrogen) atoms. The molecule has 0 radical (unpaired) electrons. The number of hydrogen-bond acceptors (Lipinski definition) is 5. The summed E-state index contributed by atoms with van der Waals surface area (Å²) in [4.78, 5) is 51.3. The molecule has 1 saturated heterocycles. The third kappa shape index (κ3) is 3.61. The Hall–Kier alpha value is -3.39. The normalized spacial score (nSPS) is 18.3. The maximum absolute atomic E-state index is 13.2. The van der Waals surface area contributed by atoms with Gasteiger partial charge < -0.3 is 10.0 Å². The predicted molar refractivity (Wildman–Crippen MR) is 113 cm³/mol. The number of nitrogens with zero attached hydrogens (tertiary/aromatic N) is 2. The zero-order valence-electron chi connectivity index (χ0n) is 15.9. The topological polar surface area (TPSA) is 95.0 Å². The molecule has 8 heteroatoms. The molecule has 0 unspecified atom stereocenters. The highest BCUT2D eigenvalue weighted by Crippen LogP contribution is 2.44. The van der Waals surface area contributed by atoms with Crippen LogP contribution in [0, 0.1) is 0 Å². The van der Waals surface area contributed by atoms with Gasteiger partial charge in [-0.15, -0.1) is 0 Å². The number of amides is 3. The van der Waals surface area contributed by atoms with Crippen molar-refractivity contribution in [2.75, 3.05) is 18.0 Å². The van der Waals surface area contributed by atoms with Crippen LogP contribution < -0.4 is 4.90 Å². The lowest BCUT2D eigenvalue weighted by atomic mass is 10.1. The first-order valence-electron chi connectivity index (χ1n) is 9.42. The van der Waals surface area contributed by atoms with E-state index in [1.807, 2.05) is 42.5 Å². The van der Waals surface area contributed by atoms with Crippen molar-refractivity contribution in [2.45, 2.75) is 12.8 Å². The minimum absolute atomic E-state index is 0.00995. The lowest BCUT2D eigenvalue weighted by Gasteiger charge is -2.17. The Morgan fingerprint density at radius 2 is 1.60 bits per heavy atom. The van der Waals surface area contributed by atoms with Crippen LogP contribution in [0.3, 0.4) is 0 Å². The number of hydrogen-bond donors (Lipinski definition) is 1. The largest absolute Gasteiger partial charge is 0.480 e. The Morgan fingerprint density at radius 3 is 2.33 bits per heavy atom. The van der Waals surface area contributed by atoms with Crippen molar-refractivity contribution in [3.63, 3.8) is 0 Å². The zero-order chi connectivity index (χ0) is 21.3. The van der Waals surface area contributed by atoms with Gasteiger partial charge in [0.1, 0.15) is 6.54 Å². The van der Waals surface area contributed by atoms with Crippen LogP contribution in [0.1, 0.15) is 17.5 Å². The Labute approximate surface area is 177 Å². The molecule has 152 valence electrons. The Morgan fingerprint density at radius 1 is 0.900 bits per heavy atom. The number of carboxylic acid groups (broad SMARTS) is 1. The molecule has 4 rings (SSSR count). The molecule has 0 saturated carbocycles. The number of carboxylic acids is 1. The van der Waals surface area contributed by atoms with E-state index < -0.39 is 23.7 Å².